The van der Waals surface area contributed by atoms with Crippen LogP contribution in [0.25, 0.3) is 0 Å². The number of ether oxygens (including phenoxy) is 2. The van der Waals surface area contributed by atoms with Gasteiger partial charge in [-0.25, -0.2) is 4.79 Å². The lowest BCUT2D eigenvalue weighted by atomic mass is 10.1. The van der Waals surface area contributed by atoms with Gasteiger partial charge in [0, 0.05) is 38.1 Å². The number of hydrogen-bond acceptors (Lipinski definition) is 7. The van der Waals surface area contributed by atoms with Gasteiger partial charge in [-0.05, 0) is 20.8 Å². The molecule has 0 radical (unpaired) electrons. The molecule has 0 unspecified atom stereocenters. The molecule has 1 saturated heterocycles. The minimum absolute atomic E-state index is 0.128. The van der Waals surface area contributed by atoms with Crippen LogP contribution in [0.1, 0.15) is 33.6 Å². The Morgan fingerprint density at radius 3 is 2.50 bits per heavy atom. The lowest BCUT2D eigenvalue weighted by Gasteiger charge is -2.33. The highest BCUT2D eigenvalue weighted by Crippen LogP contribution is 2.24. The molecular formula is C15H22N4O5. The number of likely N-dealkylation sites (tertiary alicyclic amines) is 1. The lowest BCUT2D eigenvalue weighted by Crippen LogP contribution is -2.44. The molecule has 2 rings (SSSR count). The molecule has 24 heavy (non-hydrogen) atoms. The Hall–Kier alpha value is -2.58. The number of amides is 1. The molecular weight excluding hydrogens is 316 g/mol. The van der Waals surface area contributed by atoms with Crippen molar-refractivity contribution in [3.05, 3.63) is 22.2 Å². The van der Waals surface area contributed by atoms with E-state index in [1.165, 1.54) is 12.1 Å². The van der Waals surface area contributed by atoms with Gasteiger partial charge in [-0.1, -0.05) is 0 Å². The number of aromatic nitrogens is 1. The molecule has 132 valence electrons. The molecule has 1 aliphatic heterocycles. The second kappa shape index (κ2) is 6.90. The van der Waals surface area contributed by atoms with E-state index in [-0.39, 0.29) is 29.6 Å². The molecule has 9 nitrogen and oxygen atoms in total. The van der Waals surface area contributed by atoms with Gasteiger partial charge in [0.25, 0.3) is 0 Å². The molecule has 1 aromatic heterocycles. The second-order valence-electron chi connectivity index (χ2n) is 6.60. The highest BCUT2D eigenvalue weighted by Gasteiger charge is 2.28. The van der Waals surface area contributed by atoms with Gasteiger partial charge in [0.1, 0.15) is 11.7 Å². The zero-order valence-electron chi connectivity index (χ0n) is 14.0. The van der Waals surface area contributed by atoms with Crippen LogP contribution >= 0.6 is 0 Å². The molecule has 0 aliphatic carbocycles. The van der Waals surface area contributed by atoms with Crippen LogP contribution in [0.3, 0.4) is 0 Å². The van der Waals surface area contributed by atoms with E-state index in [0.29, 0.717) is 25.9 Å². The van der Waals surface area contributed by atoms with Gasteiger partial charge in [-0.15, -0.1) is 0 Å². The van der Waals surface area contributed by atoms with Crippen molar-refractivity contribution in [1.29, 1.82) is 0 Å². The van der Waals surface area contributed by atoms with E-state index >= 15 is 0 Å². The SMILES string of the molecule is CC(C)(C)OC(=O)N1CCC(Oc2ccc([N+](=O)[O-])c(N)n2)CC1. The predicted molar refractivity (Wildman–Crippen MR) is 86.8 cm³/mol. The van der Waals surface area contributed by atoms with Crippen LogP contribution in [0, 0.1) is 10.1 Å². The average molecular weight is 338 g/mol. The smallest absolute Gasteiger partial charge is 0.410 e. The van der Waals surface area contributed by atoms with E-state index in [1.807, 2.05) is 20.8 Å². The molecule has 0 spiro atoms. The molecule has 1 aromatic rings. The van der Waals surface area contributed by atoms with E-state index in [2.05, 4.69) is 4.98 Å². The van der Waals surface area contributed by atoms with Gasteiger partial charge in [0.2, 0.25) is 11.7 Å². The minimum atomic E-state index is -0.592. The maximum Gasteiger partial charge on any atom is 0.410 e. The molecule has 1 amide bonds. The zero-order valence-corrected chi connectivity index (χ0v) is 14.0. The van der Waals surface area contributed by atoms with Crippen molar-refractivity contribution < 1.29 is 19.2 Å². The molecule has 2 heterocycles. The Kier molecular flexibility index (Phi) is 5.10. The topological polar surface area (TPSA) is 121 Å². The van der Waals surface area contributed by atoms with Crippen molar-refractivity contribution in [1.82, 2.24) is 9.88 Å². The number of nitrogens with two attached hydrogens (primary N) is 1. The number of hydrogen-bond donors (Lipinski definition) is 1. The van der Waals surface area contributed by atoms with Crippen LogP contribution in [0.15, 0.2) is 12.1 Å². The van der Waals surface area contributed by atoms with Gasteiger partial charge in [0.05, 0.1) is 4.92 Å². The fraction of sp³-hybridized carbons (Fsp3) is 0.600. The van der Waals surface area contributed by atoms with Crippen LogP contribution in [0.5, 0.6) is 5.88 Å². The van der Waals surface area contributed by atoms with Crippen molar-refractivity contribution >= 4 is 17.6 Å². The predicted octanol–water partition coefficient (Wildman–Crippen LogP) is 2.35. The summed E-state index contributed by atoms with van der Waals surface area (Å²) in [5.74, 6) is 0.0671. The summed E-state index contributed by atoms with van der Waals surface area (Å²) in [4.78, 5) is 27.7. The quantitative estimate of drug-likeness (QED) is 0.663. The number of carbonyl (C=O) groups is 1. The van der Waals surface area contributed by atoms with Gasteiger partial charge in [-0.3, -0.25) is 10.1 Å². The van der Waals surface area contributed by atoms with E-state index in [1.54, 1.807) is 4.90 Å². The van der Waals surface area contributed by atoms with Crippen LogP contribution in [-0.2, 0) is 4.74 Å². The summed E-state index contributed by atoms with van der Waals surface area (Å²) in [6, 6.07) is 2.70. The largest absolute Gasteiger partial charge is 0.474 e. The molecule has 1 aliphatic rings. The number of carbonyl (C=O) groups excluding carboxylic acids is 1. The first-order chi connectivity index (χ1) is 11.2. The number of rotatable bonds is 3. The summed E-state index contributed by atoms with van der Waals surface area (Å²) in [6.07, 6.45) is 0.783. The molecule has 2 N–H and O–H groups in total. The summed E-state index contributed by atoms with van der Waals surface area (Å²) in [6.45, 7) is 6.51. The first kappa shape index (κ1) is 17.8. The summed E-state index contributed by atoms with van der Waals surface area (Å²) in [7, 11) is 0. The van der Waals surface area contributed by atoms with E-state index < -0.39 is 10.5 Å². The third kappa shape index (κ3) is 4.71. The van der Waals surface area contributed by atoms with Crippen molar-refractivity contribution in [2.24, 2.45) is 0 Å². The van der Waals surface area contributed by atoms with Crippen LogP contribution in [0.4, 0.5) is 16.3 Å². The minimum Gasteiger partial charge on any atom is -0.474 e. The first-order valence-corrected chi connectivity index (χ1v) is 7.71. The lowest BCUT2D eigenvalue weighted by molar-refractivity contribution is -0.384. The third-order valence-electron chi connectivity index (χ3n) is 3.45. The van der Waals surface area contributed by atoms with E-state index in [4.69, 9.17) is 15.2 Å². The Morgan fingerprint density at radius 1 is 1.38 bits per heavy atom. The van der Waals surface area contributed by atoms with Crippen molar-refractivity contribution in [3.8, 4) is 5.88 Å². The average Bonchev–Trinajstić information content (AvgIpc) is 2.45. The summed E-state index contributed by atoms with van der Waals surface area (Å²) >= 11 is 0. The van der Waals surface area contributed by atoms with Crippen LogP contribution < -0.4 is 10.5 Å². The number of piperidine rings is 1. The van der Waals surface area contributed by atoms with Gasteiger partial charge in [-0.2, -0.15) is 4.98 Å². The molecule has 0 atom stereocenters. The molecule has 0 aromatic carbocycles. The van der Waals surface area contributed by atoms with Gasteiger partial charge in [0.15, 0.2) is 0 Å². The summed E-state index contributed by atoms with van der Waals surface area (Å²) in [5.41, 5.74) is 4.77. The standard InChI is InChI=1S/C15H22N4O5/c1-15(2,3)24-14(20)18-8-6-10(7-9-18)23-12-5-4-11(19(21)22)13(16)17-12/h4-5,10H,6-9H2,1-3H3,(H2,16,17). The van der Waals surface area contributed by atoms with Crippen LogP contribution in [-0.4, -0.2) is 45.7 Å². The molecule has 0 saturated carbocycles. The fourth-order valence-corrected chi connectivity index (χ4v) is 2.32. The second-order valence-corrected chi connectivity index (χ2v) is 6.60. The Balaban J connectivity index is 1.88. The highest BCUT2D eigenvalue weighted by atomic mass is 16.6. The summed E-state index contributed by atoms with van der Waals surface area (Å²) < 4.78 is 11.0. The molecule has 1 fully saturated rings. The maximum absolute atomic E-state index is 12.0. The van der Waals surface area contributed by atoms with E-state index in [9.17, 15) is 14.9 Å². The van der Waals surface area contributed by atoms with Gasteiger partial charge < -0.3 is 20.1 Å². The van der Waals surface area contributed by atoms with Crippen molar-refractivity contribution in [3.63, 3.8) is 0 Å². The van der Waals surface area contributed by atoms with Crippen molar-refractivity contribution in [2.75, 3.05) is 18.8 Å². The first-order valence-electron chi connectivity index (χ1n) is 7.71. The highest BCUT2D eigenvalue weighted by molar-refractivity contribution is 5.68. The number of pyridine rings is 1. The van der Waals surface area contributed by atoms with Crippen LogP contribution in [0.2, 0.25) is 0 Å². The Morgan fingerprint density at radius 2 is 2.00 bits per heavy atom. The molecule has 0 bridgehead atoms. The Bertz CT molecular complexity index is 621. The number of anilines is 1. The fourth-order valence-electron chi connectivity index (χ4n) is 2.32. The third-order valence-corrected chi connectivity index (χ3v) is 3.45. The Labute approximate surface area is 139 Å². The zero-order chi connectivity index (χ0) is 17.9. The number of nitrogen functional groups attached to an aromatic ring is 1. The number of nitro groups is 1. The maximum atomic E-state index is 12.0. The number of nitrogens with zero attached hydrogens (tertiary/aromatic N) is 3. The monoisotopic (exact) mass is 338 g/mol. The van der Waals surface area contributed by atoms with Gasteiger partial charge >= 0.3 is 11.8 Å². The summed E-state index contributed by atoms with van der Waals surface area (Å²) in [5, 5.41) is 10.7. The van der Waals surface area contributed by atoms with Crippen molar-refractivity contribution in [2.45, 2.75) is 45.3 Å². The van der Waals surface area contributed by atoms with E-state index in [0.717, 1.165) is 0 Å². The molecule has 9 heteroatoms. The normalized spacial score (nSPS) is 15.9.